The summed E-state index contributed by atoms with van der Waals surface area (Å²) in [5.41, 5.74) is -0.0927. The molecule has 0 bridgehead atoms. The van der Waals surface area contributed by atoms with Crippen molar-refractivity contribution in [2.45, 2.75) is 71.1 Å². The van der Waals surface area contributed by atoms with Crippen molar-refractivity contribution in [3.05, 3.63) is 0 Å². The number of nitrogens with one attached hydrogen (secondary N) is 1. The summed E-state index contributed by atoms with van der Waals surface area (Å²) in [6.45, 7) is 12.5. The van der Waals surface area contributed by atoms with Crippen molar-refractivity contribution >= 4 is 11.8 Å². The first-order valence-corrected chi connectivity index (χ1v) is 10.2. The highest BCUT2D eigenvalue weighted by Crippen LogP contribution is 2.32. The molecular formula is C20H35N3O3. The van der Waals surface area contributed by atoms with Gasteiger partial charge < -0.3 is 15.0 Å². The third-order valence-corrected chi connectivity index (χ3v) is 6.07. The molecule has 2 heterocycles. The number of ether oxygens (including phenoxy) is 1. The van der Waals surface area contributed by atoms with E-state index >= 15 is 0 Å². The summed E-state index contributed by atoms with van der Waals surface area (Å²) in [6, 6.07) is 0. The monoisotopic (exact) mass is 365 g/mol. The Morgan fingerprint density at radius 3 is 2.12 bits per heavy atom. The summed E-state index contributed by atoms with van der Waals surface area (Å²) in [7, 11) is 0. The lowest BCUT2D eigenvalue weighted by Gasteiger charge is -2.45. The quantitative estimate of drug-likeness (QED) is 0.805. The number of hydrogen-bond acceptors (Lipinski definition) is 4. The highest BCUT2D eigenvalue weighted by molar-refractivity contribution is 5.82. The highest BCUT2D eigenvalue weighted by Gasteiger charge is 2.37. The summed E-state index contributed by atoms with van der Waals surface area (Å²) >= 11 is 0. The molecule has 0 unspecified atom stereocenters. The molecular weight excluding hydrogens is 330 g/mol. The van der Waals surface area contributed by atoms with Gasteiger partial charge in [0.1, 0.15) is 0 Å². The predicted octanol–water partition coefficient (Wildman–Crippen LogP) is 1.64. The molecule has 0 spiro atoms. The van der Waals surface area contributed by atoms with Gasteiger partial charge in [0, 0.05) is 50.1 Å². The summed E-state index contributed by atoms with van der Waals surface area (Å²) < 4.78 is 5.82. The molecule has 3 fully saturated rings. The van der Waals surface area contributed by atoms with Gasteiger partial charge in [-0.2, -0.15) is 0 Å². The normalized spacial score (nSPS) is 28.8. The van der Waals surface area contributed by atoms with Crippen molar-refractivity contribution < 1.29 is 14.3 Å². The minimum absolute atomic E-state index is 0.0385. The minimum atomic E-state index is -0.0927. The predicted molar refractivity (Wildman–Crippen MR) is 101 cm³/mol. The number of piperidine rings is 1. The van der Waals surface area contributed by atoms with Crippen LogP contribution in [0.15, 0.2) is 0 Å². The second kappa shape index (κ2) is 7.85. The molecule has 1 saturated carbocycles. The lowest BCUT2D eigenvalue weighted by Crippen LogP contribution is -2.59. The third-order valence-electron chi connectivity index (χ3n) is 6.07. The lowest BCUT2D eigenvalue weighted by atomic mass is 9.94. The van der Waals surface area contributed by atoms with Crippen LogP contribution in [0.2, 0.25) is 0 Å². The van der Waals surface area contributed by atoms with Crippen LogP contribution in [-0.2, 0) is 14.3 Å². The first-order valence-electron chi connectivity index (χ1n) is 10.2. The summed E-state index contributed by atoms with van der Waals surface area (Å²) in [6.07, 6.45) is 4.12. The Morgan fingerprint density at radius 2 is 1.58 bits per heavy atom. The maximum atomic E-state index is 12.6. The van der Waals surface area contributed by atoms with Crippen molar-refractivity contribution in [3.8, 4) is 0 Å². The van der Waals surface area contributed by atoms with E-state index in [9.17, 15) is 9.59 Å². The van der Waals surface area contributed by atoms with E-state index in [-0.39, 0.29) is 35.5 Å². The number of carbonyl (C=O) groups excluding carboxylic acids is 2. The number of rotatable bonds is 5. The molecule has 1 aliphatic carbocycles. The van der Waals surface area contributed by atoms with Gasteiger partial charge in [0.2, 0.25) is 11.8 Å². The third kappa shape index (κ3) is 4.77. The van der Waals surface area contributed by atoms with Crippen molar-refractivity contribution in [1.29, 1.82) is 0 Å². The molecule has 2 aliphatic heterocycles. The zero-order valence-electron chi connectivity index (χ0n) is 16.8. The van der Waals surface area contributed by atoms with Gasteiger partial charge in [-0.15, -0.1) is 0 Å². The Hall–Kier alpha value is -1.14. The molecule has 2 amide bonds. The van der Waals surface area contributed by atoms with Crippen LogP contribution in [0.25, 0.3) is 0 Å². The number of likely N-dealkylation sites (tertiary alicyclic amines) is 1. The van der Waals surface area contributed by atoms with E-state index in [0.29, 0.717) is 12.5 Å². The first-order chi connectivity index (χ1) is 12.3. The Kier molecular flexibility index (Phi) is 5.92. The molecule has 26 heavy (non-hydrogen) atoms. The van der Waals surface area contributed by atoms with Gasteiger partial charge >= 0.3 is 0 Å². The standard InChI is InChI=1S/C20H35N3O3/c1-14-11-23(12-15(2)26-14)20(3,4)13-21-18(24)16-7-9-22(10-8-16)19(25)17-5-6-17/h14-17H,5-13H2,1-4H3,(H,21,24)/t14-,15+. The number of morpholine rings is 1. The molecule has 2 saturated heterocycles. The van der Waals surface area contributed by atoms with E-state index < -0.39 is 0 Å². The smallest absolute Gasteiger partial charge is 0.225 e. The zero-order chi connectivity index (χ0) is 18.9. The van der Waals surface area contributed by atoms with Crippen molar-refractivity contribution in [2.75, 3.05) is 32.7 Å². The average molecular weight is 366 g/mol. The fourth-order valence-electron chi connectivity index (χ4n) is 4.18. The molecule has 1 N–H and O–H groups in total. The fraction of sp³-hybridized carbons (Fsp3) is 0.900. The molecule has 0 radical (unpaired) electrons. The number of carbonyl (C=O) groups is 2. The van der Waals surface area contributed by atoms with Crippen LogP contribution in [-0.4, -0.2) is 72.1 Å². The molecule has 0 aromatic carbocycles. The molecule has 6 heteroatoms. The number of amides is 2. The van der Waals surface area contributed by atoms with E-state index in [0.717, 1.165) is 51.9 Å². The minimum Gasteiger partial charge on any atom is -0.373 e. The molecule has 0 aromatic rings. The van der Waals surface area contributed by atoms with Crippen LogP contribution < -0.4 is 5.32 Å². The highest BCUT2D eigenvalue weighted by atomic mass is 16.5. The van der Waals surface area contributed by atoms with E-state index in [2.05, 4.69) is 37.9 Å². The second-order valence-electron chi connectivity index (χ2n) is 9.07. The van der Waals surface area contributed by atoms with E-state index in [1.807, 2.05) is 4.90 Å². The molecule has 3 aliphatic rings. The molecule has 0 aromatic heterocycles. The maximum absolute atomic E-state index is 12.6. The van der Waals surface area contributed by atoms with Crippen molar-refractivity contribution in [1.82, 2.24) is 15.1 Å². The van der Waals surface area contributed by atoms with Crippen LogP contribution in [0, 0.1) is 11.8 Å². The summed E-state index contributed by atoms with van der Waals surface area (Å²) in [4.78, 5) is 29.1. The van der Waals surface area contributed by atoms with Crippen LogP contribution >= 0.6 is 0 Å². The van der Waals surface area contributed by atoms with Crippen molar-refractivity contribution in [2.24, 2.45) is 11.8 Å². The lowest BCUT2D eigenvalue weighted by molar-refractivity contribution is -0.137. The molecule has 2 atom stereocenters. The Labute approximate surface area is 157 Å². The van der Waals surface area contributed by atoms with E-state index in [4.69, 9.17) is 4.74 Å². The Balaban J connectivity index is 1.44. The molecule has 148 valence electrons. The van der Waals surface area contributed by atoms with Gasteiger partial charge in [-0.3, -0.25) is 14.5 Å². The zero-order valence-corrected chi connectivity index (χ0v) is 16.8. The molecule has 3 rings (SSSR count). The summed E-state index contributed by atoms with van der Waals surface area (Å²) in [5, 5.41) is 3.17. The van der Waals surface area contributed by atoms with Gasteiger partial charge in [-0.1, -0.05) is 0 Å². The van der Waals surface area contributed by atoms with Gasteiger partial charge in [0.25, 0.3) is 0 Å². The van der Waals surface area contributed by atoms with E-state index in [1.165, 1.54) is 0 Å². The van der Waals surface area contributed by atoms with Gasteiger partial charge in [-0.25, -0.2) is 0 Å². The van der Waals surface area contributed by atoms with Gasteiger partial charge in [0.05, 0.1) is 12.2 Å². The SMILES string of the molecule is C[C@@H]1CN(C(C)(C)CNC(=O)C2CCN(C(=O)C3CC3)CC2)C[C@H](C)O1. The van der Waals surface area contributed by atoms with E-state index in [1.54, 1.807) is 0 Å². The Bertz CT molecular complexity index is 514. The topological polar surface area (TPSA) is 61.9 Å². The van der Waals surface area contributed by atoms with Crippen LogP contribution in [0.4, 0.5) is 0 Å². The molecule has 6 nitrogen and oxygen atoms in total. The number of nitrogens with zero attached hydrogens (tertiary/aromatic N) is 2. The second-order valence-corrected chi connectivity index (χ2v) is 9.07. The van der Waals surface area contributed by atoms with Crippen LogP contribution in [0.3, 0.4) is 0 Å². The van der Waals surface area contributed by atoms with Crippen LogP contribution in [0.1, 0.15) is 53.4 Å². The van der Waals surface area contributed by atoms with Crippen molar-refractivity contribution in [3.63, 3.8) is 0 Å². The summed E-state index contributed by atoms with van der Waals surface area (Å²) in [5.74, 6) is 0.766. The first kappa shape index (κ1) is 19.6. The maximum Gasteiger partial charge on any atom is 0.225 e. The fourth-order valence-corrected chi connectivity index (χ4v) is 4.18. The Morgan fingerprint density at radius 1 is 1.00 bits per heavy atom. The van der Waals surface area contributed by atoms with Gasteiger partial charge in [0.15, 0.2) is 0 Å². The average Bonchev–Trinajstić information content (AvgIpc) is 3.43. The van der Waals surface area contributed by atoms with Crippen LogP contribution in [0.5, 0.6) is 0 Å². The largest absolute Gasteiger partial charge is 0.373 e. The van der Waals surface area contributed by atoms with Gasteiger partial charge in [-0.05, 0) is 53.4 Å². The number of hydrogen-bond donors (Lipinski definition) is 1.